The maximum absolute atomic E-state index is 4.41. The van der Waals surface area contributed by atoms with Crippen molar-refractivity contribution in [2.24, 2.45) is 7.05 Å². The van der Waals surface area contributed by atoms with Gasteiger partial charge in [0.2, 0.25) is 0 Å². The molecule has 3 nitrogen and oxygen atoms in total. The SMILES string of the molecule is CNC(CCc1ccccc1)Cc1cc(C)nn1C. The number of likely N-dealkylation sites (N-methyl/N-ethyl adjacent to an activating group) is 1. The van der Waals surface area contributed by atoms with Crippen molar-refractivity contribution in [3.63, 3.8) is 0 Å². The predicted molar refractivity (Wildman–Crippen MR) is 79.3 cm³/mol. The Morgan fingerprint density at radius 1 is 1.26 bits per heavy atom. The lowest BCUT2D eigenvalue weighted by molar-refractivity contribution is 0.503. The molecule has 0 saturated carbocycles. The molecule has 0 saturated heterocycles. The van der Waals surface area contributed by atoms with Gasteiger partial charge in [-0.15, -0.1) is 0 Å². The fourth-order valence-corrected chi connectivity index (χ4v) is 2.44. The van der Waals surface area contributed by atoms with Crippen LogP contribution in [0.1, 0.15) is 23.4 Å². The van der Waals surface area contributed by atoms with Gasteiger partial charge in [-0.1, -0.05) is 30.3 Å². The second kappa shape index (κ2) is 6.53. The number of nitrogens with zero attached hydrogens (tertiary/aromatic N) is 2. The number of aromatic nitrogens is 2. The van der Waals surface area contributed by atoms with E-state index in [4.69, 9.17) is 0 Å². The van der Waals surface area contributed by atoms with Crippen molar-refractivity contribution in [2.45, 2.75) is 32.2 Å². The lowest BCUT2D eigenvalue weighted by Crippen LogP contribution is -2.29. The Balaban J connectivity index is 1.92. The van der Waals surface area contributed by atoms with Crippen molar-refractivity contribution < 1.29 is 0 Å². The normalized spacial score (nSPS) is 12.6. The number of hydrogen-bond donors (Lipinski definition) is 1. The number of rotatable bonds is 6. The summed E-state index contributed by atoms with van der Waals surface area (Å²) in [6, 6.07) is 13.3. The first-order chi connectivity index (χ1) is 9.19. The van der Waals surface area contributed by atoms with E-state index in [2.05, 4.69) is 46.8 Å². The summed E-state index contributed by atoms with van der Waals surface area (Å²) in [6.07, 6.45) is 3.29. The fraction of sp³-hybridized carbons (Fsp3) is 0.438. The summed E-state index contributed by atoms with van der Waals surface area (Å²) < 4.78 is 1.99. The number of hydrogen-bond acceptors (Lipinski definition) is 2. The molecular formula is C16H23N3. The molecule has 3 heteroatoms. The van der Waals surface area contributed by atoms with E-state index in [0.29, 0.717) is 6.04 Å². The average Bonchev–Trinajstić information content (AvgIpc) is 2.74. The van der Waals surface area contributed by atoms with Gasteiger partial charge < -0.3 is 5.32 Å². The minimum Gasteiger partial charge on any atom is -0.317 e. The van der Waals surface area contributed by atoms with Crippen LogP contribution in [0.3, 0.4) is 0 Å². The molecule has 0 bridgehead atoms. The van der Waals surface area contributed by atoms with Crippen molar-refractivity contribution in [3.8, 4) is 0 Å². The van der Waals surface area contributed by atoms with Gasteiger partial charge in [-0.3, -0.25) is 4.68 Å². The third kappa shape index (κ3) is 3.93. The molecule has 1 aromatic carbocycles. The number of nitrogens with one attached hydrogen (secondary N) is 1. The molecule has 1 aromatic heterocycles. The number of aryl methyl sites for hydroxylation is 3. The zero-order chi connectivity index (χ0) is 13.7. The van der Waals surface area contributed by atoms with Crippen LogP contribution in [-0.4, -0.2) is 22.9 Å². The van der Waals surface area contributed by atoms with Crippen LogP contribution in [0.4, 0.5) is 0 Å². The Kier molecular flexibility index (Phi) is 4.74. The Bertz CT molecular complexity index is 502. The van der Waals surface area contributed by atoms with Crippen molar-refractivity contribution in [2.75, 3.05) is 7.05 Å². The highest BCUT2D eigenvalue weighted by atomic mass is 15.3. The molecule has 19 heavy (non-hydrogen) atoms. The summed E-state index contributed by atoms with van der Waals surface area (Å²) >= 11 is 0. The summed E-state index contributed by atoms with van der Waals surface area (Å²) in [6.45, 7) is 2.04. The van der Waals surface area contributed by atoms with Gasteiger partial charge in [0.25, 0.3) is 0 Å². The van der Waals surface area contributed by atoms with Gasteiger partial charge in [0.05, 0.1) is 5.69 Å². The molecule has 0 aliphatic rings. The van der Waals surface area contributed by atoms with E-state index >= 15 is 0 Å². The van der Waals surface area contributed by atoms with Gasteiger partial charge in [-0.25, -0.2) is 0 Å². The molecule has 1 N–H and O–H groups in total. The van der Waals surface area contributed by atoms with E-state index in [9.17, 15) is 0 Å². The maximum atomic E-state index is 4.41. The Morgan fingerprint density at radius 2 is 2.00 bits per heavy atom. The van der Waals surface area contributed by atoms with Crippen molar-refractivity contribution in [3.05, 3.63) is 53.3 Å². The van der Waals surface area contributed by atoms with E-state index in [1.807, 2.05) is 25.7 Å². The largest absolute Gasteiger partial charge is 0.317 e. The molecule has 0 aliphatic heterocycles. The molecule has 102 valence electrons. The van der Waals surface area contributed by atoms with Crippen LogP contribution >= 0.6 is 0 Å². The van der Waals surface area contributed by atoms with Crippen LogP contribution < -0.4 is 5.32 Å². The second-order valence-electron chi connectivity index (χ2n) is 5.11. The summed E-state index contributed by atoms with van der Waals surface area (Å²) in [5.41, 5.74) is 3.80. The van der Waals surface area contributed by atoms with E-state index in [1.54, 1.807) is 0 Å². The summed E-state index contributed by atoms with van der Waals surface area (Å²) in [7, 11) is 4.06. The molecule has 1 heterocycles. The molecular weight excluding hydrogens is 234 g/mol. The fourth-order valence-electron chi connectivity index (χ4n) is 2.44. The molecule has 0 radical (unpaired) electrons. The first-order valence-electron chi connectivity index (χ1n) is 6.89. The lowest BCUT2D eigenvalue weighted by atomic mass is 10.0. The Labute approximate surface area is 115 Å². The third-order valence-corrected chi connectivity index (χ3v) is 3.59. The Morgan fingerprint density at radius 3 is 2.58 bits per heavy atom. The summed E-state index contributed by atoms with van der Waals surface area (Å²) in [5, 5.41) is 7.82. The van der Waals surface area contributed by atoms with Crippen LogP contribution in [0.2, 0.25) is 0 Å². The summed E-state index contributed by atoms with van der Waals surface area (Å²) in [4.78, 5) is 0. The first kappa shape index (κ1) is 13.8. The average molecular weight is 257 g/mol. The van der Waals surface area contributed by atoms with Crippen LogP contribution in [0.15, 0.2) is 36.4 Å². The monoisotopic (exact) mass is 257 g/mol. The first-order valence-corrected chi connectivity index (χ1v) is 6.89. The standard InChI is InChI=1S/C16H23N3/c1-13-11-16(19(3)18-13)12-15(17-2)10-9-14-7-5-4-6-8-14/h4-8,11,15,17H,9-10,12H2,1-3H3. The molecule has 0 fully saturated rings. The summed E-state index contributed by atoms with van der Waals surface area (Å²) in [5.74, 6) is 0. The molecule has 0 amide bonds. The highest BCUT2D eigenvalue weighted by Crippen LogP contribution is 2.10. The van der Waals surface area contributed by atoms with Crippen molar-refractivity contribution in [1.82, 2.24) is 15.1 Å². The van der Waals surface area contributed by atoms with Crippen molar-refractivity contribution >= 4 is 0 Å². The molecule has 1 atom stereocenters. The third-order valence-electron chi connectivity index (χ3n) is 3.59. The highest BCUT2D eigenvalue weighted by Gasteiger charge is 2.11. The van der Waals surface area contributed by atoms with E-state index in [1.165, 1.54) is 11.3 Å². The smallest absolute Gasteiger partial charge is 0.0596 e. The predicted octanol–water partition coefficient (Wildman–Crippen LogP) is 2.49. The van der Waals surface area contributed by atoms with Gasteiger partial charge in [0.1, 0.15) is 0 Å². The molecule has 2 aromatic rings. The maximum Gasteiger partial charge on any atom is 0.0596 e. The van der Waals surface area contributed by atoms with Gasteiger partial charge in [-0.2, -0.15) is 5.10 Å². The number of benzene rings is 1. The van der Waals surface area contributed by atoms with Gasteiger partial charge in [0.15, 0.2) is 0 Å². The zero-order valence-corrected chi connectivity index (χ0v) is 12.1. The minimum atomic E-state index is 0.495. The van der Waals surface area contributed by atoms with Crippen LogP contribution in [0.25, 0.3) is 0 Å². The molecule has 2 rings (SSSR count). The van der Waals surface area contributed by atoms with E-state index in [-0.39, 0.29) is 0 Å². The van der Waals surface area contributed by atoms with E-state index < -0.39 is 0 Å². The zero-order valence-electron chi connectivity index (χ0n) is 12.1. The molecule has 0 spiro atoms. The van der Waals surface area contributed by atoms with Gasteiger partial charge in [-0.05, 0) is 38.4 Å². The Hall–Kier alpha value is -1.61. The molecule has 1 unspecified atom stereocenters. The lowest BCUT2D eigenvalue weighted by Gasteiger charge is -2.16. The second-order valence-corrected chi connectivity index (χ2v) is 5.11. The quantitative estimate of drug-likeness (QED) is 0.861. The molecule has 0 aliphatic carbocycles. The van der Waals surface area contributed by atoms with E-state index in [0.717, 1.165) is 25.0 Å². The van der Waals surface area contributed by atoms with Gasteiger partial charge in [0, 0.05) is 25.2 Å². The van der Waals surface area contributed by atoms with Gasteiger partial charge >= 0.3 is 0 Å². The van der Waals surface area contributed by atoms with Crippen LogP contribution in [0.5, 0.6) is 0 Å². The van der Waals surface area contributed by atoms with Crippen LogP contribution in [-0.2, 0) is 19.9 Å². The highest BCUT2D eigenvalue weighted by molar-refractivity contribution is 5.15. The topological polar surface area (TPSA) is 29.9 Å². The van der Waals surface area contributed by atoms with Crippen LogP contribution in [0, 0.1) is 6.92 Å². The minimum absolute atomic E-state index is 0.495. The van der Waals surface area contributed by atoms with Crippen molar-refractivity contribution in [1.29, 1.82) is 0 Å².